The Hall–Kier alpha value is -1.31. The van der Waals surface area contributed by atoms with Crippen molar-refractivity contribution in [3.63, 3.8) is 0 Å². The molecule has 0 N–H and O–H groups in total. The molecule has 0 aliphatic carbocycles. The van der Waals surface area contributed by atoms with Crippen LogP contribution >= 0.6 is 0 Å². The summed E-state index contributed by atoms with van der Waals surface area (Å²) in [5.74, 6) is 0.751. The van der Waals surface area contributed by atoms with Crippen LogP contribution in [-0.2, 0) is 4.79 Å². The standard InChI is InChI=1S/C13H18O2/c1-13(2,3)12(9-14)10-5-7-11(15-4)8-6-10/h5-9,12H,1-4H3. The second-order valence-electron chi connectivity index (χ2n) is 4.75. The van der Waals surface area contributed by atoms with E-state index in [2.05, 4.69) is 20.8 Å². The first-order valence-corrected chi connectivity index (χ1v) is 5.08. The number of rotatable bonds is 3. The van der Waals surface area contributed by atoms with Gasteiger partial charge in [-0.25, -0.2) is 0 Å². The lowest BCUT2D eigenvalue weighted by molar-refractivity contribution is -0.111. The van der Waals surface area contributed by atoms with Crippen LogP contribution in [0.1, 0.15) is 32.3 Å². The Bertz CT molecular complexity index is 319. The molecule has 0 saturated carbocycles. The van der Waals surface area contributed by atoms with Gasteiger partial charge in [-0.1, -0.05) is 32.9 Å². The highest BCUT2D eigenvalue weighted by atomic mass is 16.5. The number of hydrogen-bond donors (Lipinski definition) is 0. The maximum absolute atomic E-state index is 11.1. The summed E-state index contributed by atoms with van der Waals surface area (Å²) < 4.78 is 5.08. The summed E-state index contributed by atoms with van der Waals surface area (Å²) in [4.78, 5) is 11.1. The maximum Gasteiger partial charge on any atom is 0.127 e. The molecular formula is C13H18O2. The third-order valence-corrected chi connectivity index (χ3v) is 2.54. The van der Waals surface area contributed by atoms with Crippen molar-refractivity contribution < 1.29 is 9.53 Å². The zero-order chi connectivity index (χ0) is 11.5. The molecule has 1 atom stereocenters. The Morgan fingerprint density at radius 1 is 1.20 bits per heavy atom. The van der Waals surface area contributed by atoms with Crippen molar-refractivity contribution in [1.82, 2.24) is 0 Å². The van der Waals surface area contributed by atoms with Crippen molar-refractivity contribution in [2.45, 2.75) is 26.7 Å². The zero-order valence-electron chi connectivity index (χ0n) is 9.78. The number of benzene rings is 1. The van der Waals surface area contributed by atoms with E-state index in [1.165, 1.54) is 0 Å². The van der Waals surface area contributed by atoms with E-state index in [9.17, 15) is 4.79 Å². The number of methoxy groups -OCH3 is 1. The van der Waals surface area contributed by atoms with E-state index < -0.39 is 0 Å². The molecule has 0 aromatic heterocycles. The monoisotopic (exact) mass is 206 g/mol. The fourth-order valence-electron chi connectivity index (χ4n) is 1.59. The Kier molecular flexibility index (Phi) is 3.51. The minimum atomic E-state index is -0.0663. The minimum Gasteiger partial charge on any atom is -0.497 e. The van der Waals surface area contributed by atoms with Gasteiger partial charge in [0, 0.05) is 5.92 Å². The molecule has 82 valence electrons. The average molecular weight is 206 g/mol. The fraction of sp³-hybridized carbons (Fsp3) is 0.462. The van der Waals surface area contributed by atoms with Gasteiger partial charge in [-0.3, -0.25) is 0 Å². The molecule has 0 fully saturated rings. The summed E-state index contributed by atoms with van der Waals surface area (Å²) in [5.41, 5.74) is 0.995. The van der Waals surface area contributed by atoms with Crippen LogP contribution in [0.3, 0.4) is 0 Å². The molecule has 0 radical (unpaired) electrons. The minimum absolute atomic E-state index is 0.0453. The maximum atomic E-state index is 11.1. The molecule has 2 nitrogen and oxygen atoms in total. The highest BCUT2D eigenvalue weighted by molar-refractivity contribution is 5.63. The van der Waals surface area contributed by atoms with Gasteiger partial charge in [-0.05, 0) is 23.1 Å². The quantitative estimate of drug-likeness (QED) is 0.710. The normalized spacial score (nSPS) is 13.3. The van der Waals surface area contributed by atoms with Crippen LogP contribution in [0.2, 0.25) is 0 Å². The number of carbonyl (C=O) groups excluding carboxylic acids is 1. The van der Waals surface area contributed by atoms with Crippen LogP contribution in [0.15, 0.2) is 24.3 Å². The molecule has 1 aromatic rings. The zero-order valence-corrected chi connectivity index (χ0v) is 9.78. The van der Waals surface area contributed by atoms with E-state index in [0.29, 0.717) is 0 Å². The van der Waals surface area contributed by atoms with Crippen LogP contribution in [-0.4, -0.2) is 13.4 Å². The smallest absolute Gasteiger partial charge is 0.127 e. The van der Waals surface area contributed by atoms with Crippen LogP contribution < -0.4 is 4.74 Å². The van der Waals surface area contributed by atoms with Crippen molar-refractivity contribution in [2.75, 3.05) is 7.11 Å². The molecule has 0 bridgehead atoms. The molecule has 1 unspecified atom stereocenters. The largest absolute Gasteiger partial charge is 0.497 e. The van der Waals surface area contributed by atoms with E-state index in [1.807, 2.05) is 24.3 Å². The summed E-state index contributed by atoms with van der Waals surface area (Å²) in [5, 5.41) is 0. The second-order valence-corrected chi connectivity index (χ2v) is 4.75. The molecule has 1 rings (SSSR count). The van der Waals surface area contributed by atoms with Crippen molar-refractivity contribution in [2.24, 2.45) is 5.41 Å². The van der Waals surface area contributed by atoms with Gasteiger partial charge in [0.2, 0.25) is 0 Å². The lowest BCUT2D eigenvalue weighted by Gasteiger charge is -2.26. The van der Waals surface area contributed by atoms with Crippen LogP contribution in [0.4, 0.5) is 0 Å². The Labute approximate surface area is 91.3 Å². The second kappa shape index (κ2) is 4.47. The number of ether oxygens (including phenoxy) is 1. The van der Waals surface area contributed by atoms with Crippen LogP contribution in [0.5, 0.6) is 5.75 Å². The predicted molar refractivity (Wildman–Crippen MR) is 61.3 cm³/mol. The molecule has 0 spiro atoms. The van der Waals surface area contributed by atoms with Crippen LogP contribution in [0, 0.1) is 5.41 Å². The lowest BCUT2D eigenvalue weighted by atomic mass is 9.77. The third-order valence-electron chi connectivity index (χ3n) is 2.54. The Morgan fingerprint density at radius 3 is 2.07 bits per heavy atom. The van der Waals surface area contributed by atoms with E-state index in [1.54, 1.807) is 7.11 Å². The molecule has 2 heteroatoms. The number of aldehydes is 1. The molecule has 15 heavy (non-hydrogen) atoms. The molecule has 0 aliphatic rings. The third kappa shape index (κ3) is 2.82. The van der Waals surface area contributed by atoms with Gasteiger partial charge in [0.15, 0.2) is 0 Å². The van der Waals surface area contributed by atoms with E-state index >= 15 is 0 Å². The van der Waals surface area contributed by atoms with Crippen molar-refractivity contribution in [3.05, 3.63) is 29.8 Å². The summed E-state index contributed by atoms with van der Waals surface area (Å²) in [6.45, 7) is 6.20. The highest BCUT2D eigenvalue weighted by Gasteiger charge is 2.25. The van der Waals surface area contributed by atoms with Crippen LogP contribution in [0.25, 0.3) is 0 Å². The van der Waals surface area contributed by atoms with E-state index in [0.717, 1.165) is 17.6 Å². The number of hydrogen-bond acceptors (Lipinski definition) is 2. The van der Waals surface area contributed by atoms with Gasteiger partial charge in [-0.2, -0.15) is 0 Å². The topological polar surface area (TPSA) is 26.3 Å². The van der Waals surface area contributed by atoms with Crippen molar-refractivity contribution in [1.29, 1.82) is 0 Å². The van der Waals surface area contributed by atoms with E-state index in [4.69, 9.17) is 4.74 Å². The predicted octanol–water partition coefficient (Wildman–Crippen LogP) is 3.02. The van der Waals surface area contributed by atoms with Gasteiger partial charge in [-0.15, -0.1) is 0 Å². The number of carbonyl (C=O) groups is 1. The molecule has 1 aromatic carbocycles. The van der Waals surface area contributed by atoms with Gasteiger partial charge in [0.1, 0.15) is 12.0 Å². The van der Waals surface area contributed by atoms with Gasteiger partial charge in [0.05, 0.1) is 7.11 Å². The molecule has 0 saturated heterocycles. The average Bonchev–Trinajstić information content (AvgIpc) is 2.18. The summed E-state index contributed by atoms with van der Waals surface area (Å²) in [7, 11) is 1.63. The fourth-order valence-corrected chi connectivity index (χ4v) is 1.59. The lowest BCUT2D eigenvalue weighted by Crippen LogP contribution is -2.19. The summed E-state index contributed by atoms with van der Waals surface area (Å²) >= 11 is 0. The van der Waals surface area contributed by atoms with Gasteiger partial charge < -0.3 is 9.53 Å². The molecule has 0 amide bonds. The Morgan fingerprint density at radius 2 is 1.73 bits per heavy atom. The van der Waals surface area contributed by atoms with Crippen molar-refractivity contribution >= 4 is 6.29 Å². The first-order chi connectivity index (χ1) is 6.99. The molecular weight excluding hydrogens is 188 g/mol. The van der Waals surface area contributed by atoms with E-state index in [-0.39, 0.29) is 11.3 Å². The molecule has 0 aliphatic heterocycles. The highest BCUT2D eigenvalue weighted by Crippen LogP contribution is 2.33. The van der Waals surface area contributed by atoms with Gasteiger partial charge >= 0.3 is 0 Å². The SMILES string of the molecule is COc1ccc(C(C=O)C(C)(C)C)cc1. The molecule has 0 heterocycles. The first kappa shape index (κ1) is 11.8. The van der Waals surface area contributed by atoms with Crippen molar-refractivity contribution in [3.8, 4) is 5.75 Å². The van der Waals surface area contributed by atoms with Gasteiger partial charge in [0.25, 0.3) is 0 Å². The Balaban J connectivity index is 2.98. The first-order valence-electron chi connectivity index (χ1n) is 5.08. The summed E-state index contributed by atoms with van der Waals surface area (Å²) in [6.07, 6.45) is 1.02. The summed E-state index contributed by atoms with van der Waals surface area (Å²) in [6, 6.07) is 7.67.